The van der Waals surface area contributed by atoms with Crippen LogP contribution in [0, 0.1) is 6.92 Å². The van der Waals surface area contributed by atoms with Crippen LogP contribution in [-0.4, -0.2) is 39.0 Å². The van der Waals surface area contributed by atoms with Crippen molar-refractivity contribution in [2.24, 2.45) is 7.05 Å². The molecule has 0 atom stereocenters. The Hall–Kier alpha value is -3.33. The summed E-state index contributed by atoms with van der Waals surface area (Å²) in [5.74, 6) is 1.02. The minimum Gasteiger partial charge on any atom is -0.486 e. The van der Waals surface area contributed by atoms with Gasteiger partial charge >= 0.3 is 5.97 Å². The van der Waals surface area contributed by atoms with Crippen LogP contribution in [0.5, 0.6) is 5.75 Å². The number of esters is 1. The number of thioether (sulfide) groups is 1. The van der Waals surface area contributed by atoms with Gasteiger partial charge in [0.2, 0.25) is 5.91 Å². The third-order valence-corrected chi connectivity index (χ3v) is 5.35. The van der Waals surface area contributed by atoms with Gasteiger partial charge in [0.05, 0.1) is 17.9 Å². The Morgan fingerprint density at radius 1 is 1.06 bits per heavy atom. The minimum atomic E-state index is -0.389. The summed E-state index contributed by atoms with van der Waals surface area (Å²) in [5.41, 5.74) is 2.20. The van der Waals surface area contributed by atoms with Gasteiger partial charge < -0.3 is 19.4 Å². The van der Waals surface area contributed by atoms with E-state index in [-0.39, 0.29) is 24.2 Å². The van der Waals surface area contributed by atoms with Gasteiger partial charge in [0.25, 0.3) is 0 Å². The topological polar surface area (TPSA) is 95.3 Å². The molecule has 0 saturated heterocycles. The van der Waals surface area contributed by atoms with E-state index in [9.17, 15) is 9.59 Å². The Morgan fingerprint density at radius 3 is 2.45 bits per heavy atom. The number of benzene rings is 2. The molecule has 9 heteroatoms. The van der Waals surface area contributed by atoms with Crippen molar-refractivity contribution < 1.29 is 19.1 Å². The Kier molecular flexibility index (Phi) is 7.66. The van der Waals surface area contributed by atoms with E-state index < -0.39 is 0 Å². The molecule has 8 nitrogen and oxygen atoms in total. The third-order valence-electron chi connectivity index (χ3n) is 4.33. The van der Waals surface area contributed by atoms with Gasteiger partial charge in [0, 0.05) is 12.7 Å². The zero-order valence-electron chi connectivity index (χ0n) is 17.6. The number of aryl methyl sites for hydroxylation is 1. The van der Waals surface area contributed by atoms with Crippen LogP contribution in [0.2, 0.25) is 0 Å². The molecule has 162 valence electrons. The normalized spacial score (nSPS) is 10.5. The van der Waals surface area contributed by atoms with Crippen molar-refractivity contribution in [3.05, 3.63) is 65.5 Å². The highest BCUT2D eigenvalue weighted by Crippen LogP contribution is 2.18. The molecule has 0 bridgehead atoms. The van der Waals surface area contributed by atoms with Gasteiger partial charge in [0.15, 0.2) is 11.0 Å². The van der Waals surface area contributed by atoms with E-state index in [1.54, 1.807) is 35.8 Å². The molecule has 31 heavy (non-hydrogen) atoms. The second-order valence-electron chi connectivity index (χ2n) is 6.69. The summed E-state index contributed by atoms with van der Waals surface area (Å²) in [6.45, 7) is 4.37. The third kappa shape index (κ3) is 6.32. The van der Waals surface area contributed by atoms with Crippen molar-refractivity contribution in [2.45, 2.75) is 25.6 Å². The quantitative estimate of drug-likeness (QED) is 0.401. The van der Waals surface area contributed by atoms with Crippen molar-refractivity contribution in [3.8, 4) is 5.75 Å². The highest BCUT2D eigenvalue weighted by Gasteiger charge is 2.13. The molecular weight excluding hydrogens is 416 g/mol. The molecule has 0 fully saturated rings. The fourth-order valence-corrected chi connectivity index (χ4v) is 3.34. The number of rotatable bonds is 9. The standard InChI is InChI=1S/C22H24N4O4S/c1-4-29-21(28)16-7-9-17(10-8-16)23-20(27)14-31-22-25-24-19(26(22)3)13-30-18-11-5-15(2)6-12-18/h5-12H,4,13-14H2,1-3H3,(H,23,27). The van der Waals surface area contributed by atoms with E-state index in [1.807, 2.05) is 38.2 Å². The Morgan fingerprint density at radius 2 is 1.77 bits per heavy atom. The summed E-state index contributed by atoms with van der Waals surface area (Å²) in [6.07, 6.45) is 0. The summed E-state index contributed by atoms with van der Waals surface area (Å²) in [6, 6.07) is 14.3. The molecule has 3 rings (SSSR count). The van der Waals surface area contributed by atoms with Crippen LogP contribution >= 0.6 is 11.8 Å². The predicted octanol–water partition coefficient (Wildman–Crippen LogP) is 3.61. The molecule has 1 heterocycles. The molecule has 0 aliphatic rings. The van der Waals surface area contributed by atoms with Gasteiger partial charge in [-0.25, -0.2) is 4.79 Å². The number of carbonyl (C=O) groups is 2. The molecule has 0 unspecified atom stereocenters. The maximum Gasteiger partial charge on any atom is 0.338 e. The first-order chi connectivity index (χ1) is 15.0. The highest BCUT2D eigenvalue weighted by molar-refractivity contribution is 7.99. The molecule has 2 aromatic carbocycles. The summed E-state index contributed by atoms with van der Waals surface area (Å²) in [5, 5.41) is 11.7. The van der Waals surface area contributed by atoms with Gasteiger partial charge in [-0.2, -0.15) is 0 Å². The summed E-state index contributed by atoms with van der Waals surface area (Å²) >= 11 is 1.28. The van der Waals surface area contributed by atoms with Crippen LogP contribution in [-0.2, 0) is 23.2 Å². The number of nitrogens with one attached hydrogen (secondary N) is 1. The average molecular weight is 441 g/mol. The van der Waals surface area contributed by atoms with Crippen LogP contribution in [0.15, 0.2) is 53.7 Å². The molecule has 0 aliphatic heterocycles. The van der Waals surface area contributed by atoms with Gasteiger partial charge in [-0.15, -0.1) is 10.2 Å². The van der Waals surface area contributed by atoms with E-state index in [2.05, 4.69) is 15.5 Å². The zero-order valence-corrected chi connectivity index (χ0v) is 18.4. The van der Waals surface area contributed by atoms with Crippen LogP contribution in [0.1, 0.15) is 28.7 Å². The van der Waals surface area contributed by atoms with Gasteiger partial charge in [-0.05, 0) is 50.2 Å². The van der Waals surface area contributed by atoms with Gasteiger partial charge in [-0.1, -0.05) is 29.5 Å². The van der Waals surface area contributed by atoms with Crippen LogP contribution in [0.4, 0.5) is 5.69 Å². The molecule has 1 amide bonds. The van der Waals surface area contributed by atoms with Crippen molar-refractivity contribution in [2.75, 3.05) is 17.7 Å². The van der Waals surface area contributed by atoms with Crippen molar-refractivity contribution in [1.29, 1.82) is 0 Å². The summed E-state index contributed by atoms with van der Waals surface area (Å²) in [4.78, 5) is 23.9. The van der Waals surface area contributed by atoms with E-state index in [0.29, 0.717) is 28.8 Å². The van der Waals surface area contributed by atoms with E-state index in [4.69, 9.17) is 9.47 Å². The fourth-order valence-electron chi connectivity index (χ4n) is 2.61. The van der Waals surface area contributed by atoms with Crippen LogP contribution < -0.4 is 10.1 Å². The molecule has 0 aliphatic carbocycles. The largest absolute Gasteiger partial charge is 0.486 e. The fraction of sp³-hybridized carbons (Fsp3) is 0.273. The number of aromatic nitrogens is 3. The molecule has 1 aromatic heterocycles. The minimum absolute atomic E-state index is 0.171. The zero-order chi connectivity index (χ0) is 22.2. The summed E-state index contributed by atoms with van der Waals surface area (Å²) in [7, 11) is 1.84. The van der Waals surface area contributed by atoms with Crippen LogP contribution in [0.3, 0.4) is 0 Å². The molecule has 0 spiro atoms. The van der Waals surface area contributed by atoms with E-state index in [0.717, 1.165) is 11.3 Å². The SMILES string of the molecule is CCOC(=O)c1ccc(NC(=O)CSc2nnc(COc3ccc(C)cc3)n2C)cc1. The van der Waals surface area contributed by atoms with Crippen molar-refractivity contribution >= 4 is 29.3 Å². The first kappa shape index (κ1) is 22.4. The Bertz CT molecular complexity index is 1030. The number of hydrogen-bond acceptors (Lipinski definition) is 7. The smallest absolute Gasteiger partial charge is 0.338 e. The molecule has 1 N–H and O–H groups in total. The average Bonchev–Trinajstić information content (AvgIpc) is 3.12. The monoisotopic (exact) mass is 440 g/mol. The highest BCUT2D eigenvalue weighted by atomic mass is 32.2. The maximum absolute atomic E-state index is 12.3. The maximum atomic E-state index is 12.3. The van der Waals surface area contributed by atoms with Gasteiger partial charge in [-0.3, -0.25) is 4.79 Å². The number of anilines is 1. The predicted molar refractivity (Wildman–Crippen MR) is 118 cm³/mol. The van der Waals surface area contributed by atoms with Crippen LogP contribution in [0.25, 0.3) is 0 Å². The molecular formula is C22H24N4O4S. The Labute approximate surface area is 185 Å². The lowest BCUT2D eigenvalue weighted by atomic mass is 10.2. The van der Waals surface area contributed by atoms with Crippen molar-refractivity contribution in [3.63, 3.8) is 0 Å². The van der Waals surface area contributed by atoms with Gasteiger partial charge in [0.1, 0.15) is 12.4 Å². The lowest BCUT2D eigenvalue weighted by Crippen LogP contribution is -2.15. The molecule has 3 aromatic rings. The number of hydrogen-bond donors (Lipinski definition) is 1. The number of carbonyl (C=O) groups excluding carboxylic acids is 2. The van der Waals surface area contributed by atoms with Crippen molar-refractivity contribution in [1.82, 2.24) is 14.8 Å². The number of nitrogens with zero attached hydrogens (tertiary/aromatic N) is 3. The lowest BCUT2D eigenvalue weighted by molar-refractivity contribution is -0.113. The van der Waals surface area contributed by atoms with E-state index in [1.165, 1.54) is 11.8 Å². The second kappa shape index (κ2) is 10.6. The first-order valence-corrected chi connectivity index (χ1v) is 10.7. The molecule has 0 radical (unpaired) electrons. The number of amides is 1. The van der Waals surface area contributed by atoms with E-state index >= 15 is 0 Å². The Balaban J connectivity index is 1.49. The number of ether oxygens (including phenoxy) is 2. The molecule has 0 saturated carbocycles. The lowest BCUT2D eigenvalue weighted by Gasteiger charge is -2.08. The summed E-state index contributed by atoms with van der Waals surface area (Å²) < 4.78 is 12.5. The first-order valence-electron chi connectivity index (χ1n) is 9.74. The second-order valence-corrected chi connectivity index (χ2v) is 7.64.